The Morgan fingerprint density at radius 3 is 2.47 bits per heavy atom. The van der Waals surface area contributed by atoms with Gasteiger partial charge in [-0.25, -0.2) is 9.78 Å². The molecule has 3 aromatic rings. The molecule has 0 radical (unpaired) electrons. The van der Waals surface area contributed by atoms with E-state index in [1.807, 2.05) is 12.1 Å². The van der Waals surface area contributed by atoms with E-state index in [-0.39, 0.29) is 12.0 Å². The minimum Gasteiger partial charge on any atom is -0.465 e. The van der Waals surface area contributed by atoms with Crippen LogP contribution < -0.4 is 4.90 Å². The Morgan fingerprint density at radius 2 is 1.79 bits per heavy atom. The van der Waals surface area contributed by atoms with E-state index in [2.05, 4.69) is 67.6 Å². The summed E-state index contributed by atoms with van der Waals surface area (Å²) < 4.78 is 7.23. The number of hydrogen-bond acceptors (Lipinski definition) is 4. The number of methoxy groups -OCH3 is 1. The zero-order chi connectivity index (χ0) is 24.0. The van der Waals surface area contributed by atoms with E-state index in [0.717, 1.165) is 30.2 Å². The number of nitrogens with zero attached hydrogens (tertiary/aromatic N) is 3. The quantitative estimate of drug-likeness (QED) is 0.420. The Labute approximate surface area is 203 Å². The predicted molar refractivity (Wildman–Crippen MR) is 137 cm³/mol. The van der Waals surface area contributed by atoms with Crippen LogP contribution in [0.15, 0.2) is 42.5 Å². The van der Waals surface area contributed by atoms with Crippen LogP contribution in [0.2, 0.25) is 0 Å². The molecule has 5 heteroatoms. The van der Waals surface area contributed by atoms with Crippen molar-refractivity contribution in [2.75, 3.05) is 12.0 Å². The smallest absolute Gasteiger partial charge is 0.337 e. The molecular weight excluding hydrogens is 422 g/mol. The standard InChI is InChI=1S/C29H37N3O2/c1-29(2,3)21-12-14-22(15-13-21)32(28-30-24-8-6-7-9-26(24)31(28)4)25-17-11-19-18-20(27(33)34-5)10-16-23(19)25/h6-10,16,18,21-22,25H,11-15,17H2,1-5H3. The van der Waals surface area contributed by atoms with Gasteiger partial charge < -0.3 is 14.2 Å². The van der Waals surface area contributed by atoms with Gasteiger partial charge in [0.1, 0.15) is 0 Å². The first kappa shape index (κ1) is 22.9. The first-order valence-corrected chi connectivity index (χ1v) is 12.7. The van der Waals surface area contributed by atoms with E-state index in [0.29, 0.717) is 17.0 Å². The third-order valence-electron chi connectivity index (χ3n) is 8.26. The summed E-state index contributed by atoms with van der Waals surface area (Å²) >= 11 is 0. The van der Waals surface area contributed by atoms with Gasteiger partial charge in [0.15, 0.2) is 0 Å². The molecule has 0 saturated heterocycles. The fourth-order valence-corrected chi connectivity index (χ4v) is 6.27. The number of esters is 1. The van der Waals surface area contributed by atoms with Crippen molar-refractivity contribution in [3.8, 4) is 0 Å². The van der Waals surface area contributed by atoms with Crippen LogP contribution in [0.3, 0.4) is 0 Å². The average Bonchev–Trinajstić information content (AvgIpc) is 3.40. The SMILES string of the molecule is COC(=O)c1ccc2c(c1)CCC2N(c1nc2ccccc2n1C)C1CCC(C(C)(C)C)CC1. The predicted octanol–water partition coefficient (Wildman–Crippen LogP) is 6.46. The highest BCUT2D eigenvalue weighted by Gasteiger charge is 2.39. The number of carbonyl (C=O) groups excluding carboxylic acids is 1. The molecule has 34 heavy (non-hydrogen) atoms. The van der Waals surface area contributed by atoms with Crippen LogP contribution in [0.5, 0.6) is 0 Å². The van der Waals surface area contributed by atoms with Crippen LogP contribution in [0.4, 0.5) is 5.95 Å². The molecule has 180 valence electrons. The van der Waals surface area contributed by atoms with Crippen LogP contribution in [0.25, 0.3) is 11.0 Å². The first-order chi connectivity index (χ1) is 16.3. The second-order valence-electron chi connectivity index (χ2n) is 11.2. The van der Waals surface area contributed by atoms with Gasteiger partial charge in [0.05, 0.1) is 29.7 Å². The lowest BCUT2D eigenvalue weighted by Gasteiger charge is -2.44. The van der Waals surface area contributed by atoms with Crippen molar-refractivity contribution < 1.29 is 9.53 Å². The van der Waals surface area contributed by atoms with Crippen LogP contribution in [-0.2, 0) is 18.2 Å². The van der Waals surface area contributed by atoms with Crippen molar-refractivity contribution >= 4 is 23.0 Å². The minimum atomic E-state index is -0.265. The van der Waals surface area contributed by atoms with Gasteiger partial charge in [-0.05, 0) is 85.3 Å². The lowest BCUT2D eigenvalue weighted by molar-refractivity contribution is 0.0600. The molecule has 2 aliphatic carbocycles. The molecule has 1 aromatic heterocycles. The van der Waals surface area contributed by atoms with E-state index >= 15 is 0 Å². The number of aryl methyl sites for hydroxylation is 2. The summed E-state index contributed by atoms with van der Waals surface area (Å²) in [5.74, 6) is 1.57. The minimum absolute atomic E-state index is 0.265. The number of ether oxygens (including phenoxy) is 1. The second kappa shape index (κ2) is 8.75. The Kier molecular flexibility index (Phi) is 5.91. The van der Waals surface area contributed by atoms with Gasteiger partial charge >= 0.3 is 5.97 Å². The number of aromatic nitrogens is 2. The molecule has 2 aromatic carbocycles. The maximum absolute atomic E-state index is 12.1. The summed E-state index contributed by atoms with van der Waals surface area (Å²) in [4.78, 5) is 19.9. The average molecular weight is 460 g/mol. The summed E-state index contributed by atoms with van der Waals surface area (Å²) in [6.07, 6.45) is 6.92. The highest BCUT2D eigenvalue weighted by Crippen LogP contribution is 2.45. The fourth-order valence-electron chi connectivity index (χ4n) is 6.27. The topological polar surface area (TPSA) is 47.4 Å². The molecule has 1 unspecified atom stereocenters. The van der Waals surface area contributed by atoms with Crippen molar-refractivity contribution in [2.24, 2.45) is 18.4 Å². The summed E-state index contributed by atoms with van der Waals surface area (Å²) in [5, 5.41) is 0. The molecular formula is C29H37N3O2. The van der Waals surface area contributed by atoms with Crippen molar-refractivity contribution in [3.05, 3.63) is 59.2 Å². The van der Waals surface area contributed by atoms with Crippen LogP contribution in [0.1, 0.15) is 80.4 Å². The zero-order valence-corrected chi connectivity index (χ0v) is 21.2. The van der Waals surface area contributed by atoms with Crippen LogP contribution in [-0.4, -0.2) is 28.7 Å². The molecule has 1 atom stereocenters. The van der Waals surface area contributed by atoms with Crippen LogP contribution in [0, 0.1) is 11.3 Å². The Hall–Kier alpha value is -2.82. The Morgan fingerprint density at radius 1 is 1.06 bits per heavy atom. The summed E-state index contributed by atoms with van der Waals surface area (Å²) in [6, 6.07) is 15.3. The zero-order valence-electron chi connectivity index (χ0n) is 21.2. The van der Waals surface area contributed by atoms with Gasteiger partial charge in [-0.2, -0.15) is 0 Å². The van der Waals surface area contributed by atoms with Gasteiger partial charge in [-0.3, -0.25) is 0 Å². The molecule has 0 N–H and O–H groups in total. The molecule has 0 bridgehead atoms. The van der Waals surface area contributed by atoms with E-state index in [1.165, 1.54) is 49.4 Å². The van der Waals surface area contributed by atoms with Crippen LogP contribution >= 0.6 is 0 Å². The van der Waals surface area contributed by atoms with Crippen molar-refractivity contribution in [2.45, 2.75) is 71.4 Å². The number of para-hydroxylation sites is 2. The molecule has 1 heterocycles. The normalized spacial score (nSPS) is 22.6. The molecule has 0 amide bonds. The monoisotopic (exact) mass is 459 g/mol. The maximum atomic E-state index is 12.1. The third-order valence-corrected chi connectivity index (χ3v) is 8.26. The van der Waals surface area contributed by atoms with Crippen molar-refractivity contribution in [3.63, 3.8) is 0 Å². The summed E-state index contributed by atoms with van der Waals surface area (Å²) in [7, 11) is 3.59. The van der Waals surface area contributed by atoms with E-state index in [9.17, 15) is 4.79 Å². The number of hydrogen-bond donors (Lipinski definition) is 0. The Balaban J connectivity index is 1.54. The van der Waals surface area contributed by atoms with Gasteiger partial charge in [-0.1, -0.05) is 39.0 Å². The third kappa shape index (κ3) is 3.99. The molecule has 5 rings (SSSR count). The van der Waals surface area contributed by atoms with Gasteiger partial charge in [0.25, 0.3) is 0 Å². The number of imidazole rings is 1. The van der Waals surface area contributed by atoms with E-state index in [4.69, 9.17) is 9.72 Å². The molecule has 0 aliphatic heterocycles. The Bertz CT molecular complexity index is 1200. The largest absolute Gasteiger partial charge is 0.465 e. The first-order valence-electron chi connectivity index (χ1n) is 12.7. The molecule has 0 spiro atoms. The summed E-state index contributed by atoms with van der Waals surface area (Å²) in [5.41, 5.74) is 5.81. The maximum Gasteiger partial charge on any atom is 0.337 e. The van der Waals surface area contributed by atoms with Crippen molar-refractivity contribution in [1.29, 1.82) is 0 Å². The lowest BCUT2D eigenvalue weighted by atomic mass is 9.71. The number of anilines is 1. The number of rotatable bonds is 4. The molecule has 5 nitrogen and oxygen atoms in total. The highest BCUT2D eigenvalue weighted by molar-refractivity contribution is 5.89. The van der Waals surface area contributed by atoms with Gasteiger partial charge in [0.2, 0.25) is 5.95 Å². The molecule has 1 fully saturated rings. The van der Waals surface area contributed by atoms with Gasteiger partial charge in [0, 0.05) is 13.1 Å². The van der Waals surface area contributed by atoms with E-state index in [1.54, 1.807) is 0 Å². The highest BCUT2D eigenvalue weighted by atomic mass is 16.5. The number of carbonyl (C=O) groups is 1. The summed E-state index contributed by atoms with van der Waals surface area (Å²) in [6.45, 7) is 7.15. The fraction of sp³-hybridized carbons (Fsp3) is 0.517. The van der Waals surface area contributed by atoms with Gasteiger partial charge in [-0.15, -0.1) is 0 Å². The molecule has 1 saturated carbocycles. The molecule has 2 aliphatic rings. The second-order valence-corrected chi connectivity index (χ2v) is 11.2. The number of benzene rings is 2. The van der Waals surface area contributed by atoms with Crippen molar-refractivity contribution in [1.82, 2.24) is 9.55 Å². The lowest BCUT2D eigenvalue weighted by Crippen LogP contribution is -2.43. The number of fused-ring (bicyclic) bond motifs is 2. The van der Waals surface area contributed by atoms with E-state index < -0.39 is 0 Å².